The highest BCUT2D eigenvalue weighted by Crippen LogP contribution is 2.37. The maximum atomic E-state index is 13.6. The van der Waals surface area contributed by atoms with E-state index in [2.05, 4.69) is 28.2 Å². The molecule has 1 saturated heterocycles. The number of halogens is 2. The Bertz CT molecular complexity index is 440. The SMILES string of the molecule is CC1(CNC(=O)c2c(F)cccc2Br)CCCS1. The average molecular weight is 332 g/mol. The molecule has 1 aromatic carbocycles. The number of carbonyl (C=O) groups excluding carboxylic acids is 1. The predicted molar refractivity (Wildman–Crippen MR) is 76.5 cm³/mol. The summed E-state index contributed by atoms with van der Waals surface area (Å²) >= 11 is 5.08. The van der Waals surface area contributed by atoms with Crippen molar-refractivity contribution in [2.24, 2.45) is 0 Å². The molecule has 1 unspecified atom stereocenters. The Labute approximate surface area is 119 Å². The lowest BCUT2D eigenvalue weighted by molar-refractivity contribution is 0.0945. The molecule has 1 N–H and O–H groups in total. The molecule has 0 aliphatic carbocycles. The number of nitrogens with one attached hydrogen (secondary N) is 1. The lowest BCUT2D eigenvalue weighted by Crippen LogP contribution is -2.37. The third kappa shape index (κ3) is 3.06. The van der Waals surface area contributed by atoms with Crippen LogP contribution in [0.4, 0.5) is 4.39 Å². The Morgan fingerprint density at radius 3 is 3.00 bits per heavy atom. The summed E-state index contributed by atoms with van der Waals surface area (Å²) in [7, 11) is 0. The van der Waals surface area contributed by atoms with Crippen LogP contribution in [-0.2, 0) is 0 Å². The highest BCUT2D eigenvalue weighted by atomic mass is 79.9. The molecule has 18 heavy (non-hydrogen) atoms. The molecule has 0 spiro atoms. The maximum Gasteiger partial charge on any atom is 0.255 e. The fraction of sp³-hybridized carbons (Fsp3) is 0.462. The second-order valence-electron chi connectivity index (χ2n) is 4.68. The summed E-state index contributed by atoms with van der Waals surface area (Å²) in [6.07, 6.45) is 2.27. The fourth-order valence-electron chi connectivity index (χ4n) is 2.05. The van der Waals surface area contributed by atoms with Gasteiger partial charge in [-0.25, -0.2) is 4.39 Å². The van der Waals surface area contributed by atoms with Gasteiger partial charge in [0, 0.05) is 15.8 Å². The van der Waals surface area contributed by atoms with Gasteiger partial charge in [-0.3, -0.25) is 4.79 Å². The smallest absolute Gasteiger partial charge is 0.255 e. The van der Waals surface area contributed by atoms with Crippen molar-refractivity contribution in [3.63, 3.8) is 0 Å². The molecule has 5 heteroatoms. The molecule has 2 nitrogen and oxygen atoms in total. The minimum absolute atomic E-state index is 0.0871. The minimum Gasteiger partial charge on any atom is -0.351 e. The molecule has 1 amide bonds. The first kappa shape index (κ1) is 13.9. The van der Waals surface area contributed by atoms with Gasteiger partial charge in [0.15, 0.2) is 0 Å². The number of carbonyl (C=O) groups is 1. The van der Waals surface area contributed by atoms with Gasteiger partial charge in [-0.1, -0.05) is 6.07 Å². The van der Waals surface area contributed by atoms with Crippen molar-refractivity contribution in [3.05, 3.63) is 34.1 Å². The Morgan fingerprint density at radius 1 is 1.61 bits per heavy atom. The zero-order valence-corrected chi connectivity index (χ0v) is 12.5. The lowest BCUT2D eigenvalue weighted by Gasteiger charge is -2.23. The highest BCUT2D eigenvalue weighted by molar-refractivity contribution is 9.10. The van der Waals surface area contributed by atoms with Crippen molar-refractivity contribution < 1.29 is 9.18 Å². The van der Waals surface area contributed by atoms with Crippen molar-refractivity contribution >= 4 is 33.6 Å². The van der Waals surface area contributed by atoms with Gasteiger partial charge in [0.1, 0.15) is 5.82 Å². The minimum atomic E-state index is -0.494. The second-order valence-corrected chi connectivity index (χ2v) is 7.22. The van der Waals surface area contributed by atoms with Gasteiger partial charge in [0.2, 0.25) is 0 Å². The topological polar surface area (TPSA) is 29.1 Å². The van der Waals surface area contributed by atoms with Crippen molar-refractivity contribution in [2.45, 2.75) is 24.5 Å². The molecule has 1 fully saturated rings. The van der Waals surface area contributed by atoms with Gasteiger partial charge in [0.25, 0.3) is 5.91 Å². The average Bonchev–Trinajstić information content (AvgIpc) is 2.74. The van der Waals surface area contributed by atoms with Crippen molar-refractivity contribution in [1.29, 1.82) is 0 Å². The van der Waals surface area contributed by atoms with Crippen LogP contribution < -0.4 is 5.32 Å². The first-order valence-corrected chi connectivity index (χ1v) is 7.66. The van der Waals surface area contributed by atoms with E-state index in [9.17, 15) is 9.18 Å². The first-order valence-electron chi connectivity index (χ1n) is 5.88. The molecule has 0 bridgehead atoms. The Hall–Kier alpha value is -0.550. The first-order chi connectivity index (χ1) is 8.52. The lowest BCUT2D eigenvalue weighted by atomic mass is 10.1. The summed E-state index contributed by atoms with van der Waals surface area (Å²) in [5, 5.41) is 2.83. The summed E-state index contributed by atoms with van der Waals surface area (Å²) in [5.41, 5.74) is 0.0871. The molecule has 1 atom stereocenters. The summed E-state index contributed by atoms with van der Waals surface area (Å²) in [5.74, 6) is 0.287. The Morgan fingerprint density at radius 2 is 2.39 bits per heavy atom. The van der Waals surface area contributed by atoms with E-state index < -0.39 is 5.82 Å². The van der Waals surface area contributed by atoms with E-state index in [1.165, 1.54) is 12.5 Å². The number of thioether (sulfide) groups is 1. The number of benzene rings is 1. The van der Waals surface area contributed by atoms with Gasteiger partial charge in [-0.05, 0) is 53.6 Å². The molecule has 0 aromatic heterocycles. The summed E-state index contributed by atoms with van der Waals surface area (Å²) in [6.45, 7) is 2.72. The van der Waals surface area contributed by atoms with E-state index in [0.29, 0.717) is 11.0 Å². The molecular weight excluding hydrogens is 317 g/mol. The van der Waals surface area contributed by atoms with Crippen LogP contribution in [0.5, 0.6) is 0 Å². The molecule has 1 aromatic rings. The van der Waals surface area contributed by atoms with E-state index in [4.69, 9.17) is 0 Å². The number of hydrogen-bond acceptors (Lipinski definition) is 2. The van der Waals surface area contributed by atoms with Crippen LogP contribution in [0.1, 0.15) is 30.1 Å². The zero-order chi connectivity index (χ0) is 13.2. The molecule has 1 aliphatic heterocycles. The number of amides is 1. The third-order valence-corrected chi connectivity index (χ3v) is 5.31. The molecular formula is C13H15BrFNOS. The van der Waals surface area contributed by atoms with Gasteiger partial charge in [-0.2, -0.15) is 11.8 Å². The molecule has 0 saturated carbocycles. The van der Waals surface area contributed by atoms with Crippen LogP contribution >= 0.6 is 27.7 Å². The van der Waals surface area contributed by atoms with Gasteiger partial charge in [0.05, 0.1) is 5.56 Å². The molecule has 0 radical (unpaired) electrons. The van der Waals surface area contributed by atoms with Crippen molar-refractivity contribution in [2.75, 3.05) is 12.3 Å². The quantitative estimate of drug-likeness (QED) is 0.916. The second kappa shape index (κ2) is 5.61. The predicted octanol–water partition coefficient (Wildman–Crippen LogP) is 3.60. The van der Waals surface area contributed by atoms with Crippen LogP contribution in [0.15, 0.2) is 22.7 Å². The van der Waals surface area contributed by atoms with Gasteiger partial charge in [-0.15, -0.1) is 0 Å². The van der Waals surface area contributed by atoms with E-state index >= 15 is 0 Å². The Balaban J connectivity index is 2.04. The van der Waals surface area contributed by atoms with Gasteiger partial charge >= 0.3 is 0 Å². The van der Waals surface area contributed by atoms with E-state index in [-0.39, 0.29) is 16.2 Å². The molecule has 1 heterocycles. The fourth-order valence-corrected chi connectivity index (χ4v) is 3.81. The van der Waals surface area contributed by atoms with E-state index in [1.54, 1.807) is 12.1 Å². The normalized spacial score (nSPS) is 23.1. The van der Waals surface area contributed by atoms with Crippen molar-refractivity contribution in [1.82, 2.24) is 5.32 Å². The summed E-state index contributed by atoms with van der Waals surface area (Å²) in [6, 6.07) is 4.54. The Kier molecular flexibility index (Phi) is 4.33. The van der Waals surface area contributed by atoms with E-state index in [0.717, 1.165) is 12.2 Å². The number of rotatable bonds is 3. The molecule has 2 rings (SSSR count). The highest BCUT2D eigenvalue weighted by Gasteiger charge is 2.30. The summed E-state index contributed by atoms with van der Waals surface area (Å²) in [4.78, 5) is 12.0. The van der Waals surface area contributed by atoms with Crippen LogP contribution in [0.3, 0.4) is 0 Å². The van der Waals surface area contributed by atoms with Crippen LogP contribution in [-0.4, -0.2) is 23.0 Å². The standard InChI is InChI=1S/C13H15BrFNOS/c1-13(6-3-7-18-13)8-16-12(17)11-9(14)4-2-5-10(11)15/h2,4-5H,3,6-8H2,1H3,(H,16,17). The molecule has 1 aliphatic rings. The monoisotopic (exact) mass is 331 g/mol. The molecule has 98 valence electrons. The van der Waals surface area contributed by atoms with Crippen LogP contribution in [0, 0.1) is 5.82 Å². The van der Waals surface area contributed by atoms with E-state index in [1.807, 2.05) is 11.8 Å². The zero-order valence-electron chi connectivity index (χ0n) is 10.1. The van der Waals surface area contributed by atoms with Crippen LogP contribution in [0.2, 0.25) is 0 Å². The van der Waals surface area contributed by atoms with Crippen molar-refractivity contribution in [3.8, 4) is 0 Å². The third-order valence-electron chi connectivity index (χ3n) is 3.11. The number of hydrogen-bond donors (Lipinski definition) is 1. The van der Waals surface area contributed by atoms with Crippen LogP contribution in [0.25, 0.3) is 0 Å². The summed E-state index contributed by atoms with van der Waals surface area (Å²) < 4.78 is 14.2. The largest absolute Gasteiger partial charge is 0.351 e. The van der Waals surface area contributed by atoms with Gasteiger partial charge < -0.3 is 5.32 Å². The maximum absolute atomic E-state index is 13.6.